The van der Waals surface area contributed by atoms with Crippen LogP contribution in [-0.4, -0.2) is 63.9 Å². The number of urea groups is 1. The summed E-state index contributed by atoms with van der Waals surface area (Å²) >= 11 is 0. The van der Waals surface area contributed by atoms with E-state index < -0.39 is 0 Å². The van der Waals surface area contributed by atoms with Gasteiger partial charge >= 0.3 is 6.03 Å². The maximum atomic E-state index is 12.3. The molecule has 0 aromatic carbocycles. The van der Waals surface area contributed by atoms with E-state index in [0.717, 1.165) is 30.9 Å². The highest BCUT2D eigenvalue weighted by Crippen LogP contribution is 2.20. The van der Waals surface area contributed by atoms with Gasteiger partial charge in [0.25, 0.3) is 0 Å². The first-order chi connectivity index (χ1) is 13.1. The van der Waals surface area contributed by atoms with Crippen LogP contribution in [0.4, 0.5) is 10.7 Å². The van der Waals surface area contributed by atoms with E-state index in [4.69, 9.17) is 4.74 Å². The molecule has 2 amide bonds. The van der Waals surface area contributed by atoms with Crippen molar-refractivity contribution in [1.29, 1.82) is 0 Å². The number of nitrogens with one attached hydrogen (secondary N) is 3. The summed E-state index contributed by atoms with van der Waals surface area (Å²) in [4.78, 5) is 23.1. The predicted octanol–water partition coefficient (Wildman–Crippen LogP) is 1.59. The van der Waals surface area contributed by atoms with Crippen molar-refractivity contribution in [1.82, 2.24) is 30.4 Å². The number of pyridine rings is 1. The predicted molar refractivity (Wildman–Crippen MR) is 101 cm³/mol. The SMILES string of the molecule is CC(C)Cc1nc(NC(=O)NCC(c2cccnc2)N2CCOCC2)n[nH]1. The first-order valence-corrected chi connectivity index (χ1v) is 9.29. The van der Waals surface area contributed by atoms with Gasteiger partial charge in [0.15, 0.2) is 0 Å². The minimum absolute atomic E-state index is 0.0389. The monoisotopic (exact) mass is 373 g/mol. The zero-order valence-corrected chi connectivity index (χ0v) is 15.8. The Bertz CT molecular complexity index is 714. The van der Waals surface area contributed by atoms with Crippen LogP contribution in [0.5, 0.6) is 0 Å². The van der Waals surface area contributed by atoms with Gasteiger partial charge in [-0.25, -0.2) is 4.79 Å². The first-order valence-electron chi connectivity index (χ1n) is 9.29. The standard InChI is InChI=1S/C18H27N7O2/c1-13(2)10-16-21-17(24-23-16)22-18(26)20-12-15(14-4-3-5-19-11-14)25-6-8-27-9-7-25/h3-5,11,13,15H,6-10,12H2,1-2H3,(H3,20,21,22,23,24,26). The maximum absolute atomic E-state index is 12.3. The lowest BCUT2D eigenvalue weighted by Gasteiger charge is -2.34. The molecule has 0 spiro atoms. The molecule has 1 aliphatic heterocycles. The van der Waals surface area contributed by atoms with E-state index in [9.17, 15) is 4.79 Å². The van der Waals surface area contributed by atoms with E-state index in [1.54, 1.807) is 6.20 Å². The van der Waals surface area contributed by atoms with Gasteiger partial charge in [-0.05, 0) is 17.5 Å². The van der Waals surface area contributed by atoms with Crippen LogP contribution in [0.15, 0.2) is 24.5 Å². The van der Waals surface area contributed by atoms with Gasteiger partial charge in [-0.3, -0.25) is 20.3 Å². The van der Waals surface area contributed by atoms with Crippen molar-refractivity contribution in [3.8, 4) is 0 Å². The van der Waals surface area contributed by atoms with Crippen molar-refractivity contribution < 1.29 is 9.53 Å². The van der Waals surface area contributed by atoms with E-state index in [2.05, 4.69) is 49.5 Å². The van der Waals surface area contributed by atoms with Crippen LogP contribution in [0.25, 0.3) is 0 Å². The average molecular weight is 373 g/mol. The molecule has 0 bridgehead atoms. The number of carbonyl (C=O) groups excluding carboxylic acids is 1. The number of amides is 2. The van der Waals surface area contributed by atoms with Crippen LogP contribution in [0, 0.1) is 5.92 Å². The second-order valence-corrected chi connectivity index (χ2v) is 6.99. The summed E-state index contributed by atoms with van der Waals surface area (Å²) in [7, 11) is 0. The van der Waals surface area contributed by atoms with E-state index >= 15 is 0 Å². The second-order valence-electron chi connectivity index (χ2n) is 6.99. The lowest BCUT2D eigenvalue weighted by atomic mass is 10.1. The third kappa shape index (κ3) is 5.73. The highest BCUT2D eigenvalue weighted by molar-refractivity contribution is 5.87. The van der Waals surface area contributed by atoms with Gasteiger partial charge in [0, 0.05) is 38.4 Å². The first kappa shape index (κ1) is 19.2. The molecule has 3 heterocycles. The molecule has 1 fully saturated rings. The molecule has 27 heavy (non-hydrogen) atoms. The fourth-order valence-corrected chi connectivity index (χ4v) is 3.08. The van der Waals surface area contributed by atoms with Crippen LogP contribution in [0.2, 0.25) is 0 Å². The van der Waals surface area contributed by atoms with Gasteiger partial charge in [-0.2, -0.15) is 4.98 Å². The van der Waals surface area contributed by atoms with Crippen molar-refractivity contribution >= 4 is 12.0 Å². The quantitative estimate of drug-likeness (QED) is 0.680. The van der Waals surface area contributed by atoms with Crippen molar-refractivity contribution in [2.24, 2.45) is 5.92 Å². The second kappa shape index (κ2) is 9.43. The number of aromatic amines is 1. The Hall–Kier alpha value is -2.52. The molecule has 9 heteroatoms. The third-order valence-corrected chi connectivity index (χ3v) is 4.37. The van der Waals surface area contributed by atoms with Crippen LogP contribution < -0.4 is 10.6 Å². The highest BCUT2D eigenvalue weighted by atomic mass is 16.5. The number of aromatic nitrogens is 4. The summed E-state index contributed by atoms with van der Waals surface area (Å²) in [5, 5.41) is 12.5. The number of rotatable bonds is 7. The molecule has 146 valence electrons. The highest BCUT2D eigenvalue weighted by Gasteiger charge is 2.23. The summed E-state index contributed by atoms with van der Waals surface area (Å²) < 4.78 is 5.44. The molecule has 0 radical (unpaired) electrons. The number of ether oxygens (including phenoxy) is 1. The minimum atomic E-state index is -0.327. The molecule has 1 unspecified atom stereocenters. The molecule has 3 N–H and O–H groups in total. The summed E-state index contributed by atoms with van der Waals surface area (Å²) in [6.45, 7) is 7.70. The van der Waals surface area contributed by atoms with Crippen molar-refractivity contribution in [3.05, 3.63) is 35.9 Å². The topological polar surface area (TPSA) is 108 Å². The number of H-pyrrole nitrogens is 1. The number of nitrogens with zero attached hydrogens (tertiary/aromatic N) is 4. The van der Waals surface area contributed by atoms with E-state index in [1.807, 2.05) is 18.3 Å². The van der Waals surface area contributed by atoms with Crippen LogP contribution in [-0.2, 0) is 11.2 Å². The Labute approximate surface area is 158 Å². The number of hydrogen-bond acceptors (Lipinski definition) is 6. The molecule has 0 saturated carbocycles. The Morgan fingerprint density at radius 3 is 2.89 bits per heavy atom. The van der Waals surface area contributed by atoms with Gasteiger partial charge in [-0.1, -0.05) is 19.9 Å². The zero-order chi connectivity index (χ0) is 19.1. The van der Waals surface area contributed by atoms with Crippen molar-refractivity contribution in [3.63, 3.8) is 0 Å². The van der Waals surface area contributed by atoms with E-state index in [1.165, 1.54) is 0 Å². The molecule has 1 saturated heterocycles. The lowest BCUT2D eigenvalue weighted by Crippen LogP contribution is -2.44. The van der Waals surface area contributed by atoms with E-state index in [-0.39, 0.29) is 18.0 Å². The largest absolute Gasteiger partial charge is 0.379 e. The Morgan fingerprint density at radius 1 is 1.37 bits per heavy atom. The number of carbonyl (C=O) groups is 1. The van der Waals surface area contributed by atoms with E-state index in [0.29, 0.717) is 25.7 Å². The van der Waals surface area contributed by atoms with Gasteiger partial charge in [0.05, 0.1) is 19.3 Å². The Morgan fingerprint density at radius 2 is 2.19 bits per heavy atom. The molecule has 9 nitrogen and oxygen atoms in total. The lowest BCUT2D eigenvalue weighted by molar-refractivity contribution is 0.0167. The van der Waals surface area contributed by atoms with Crippen molar-refractivity contribution in [2.75, 3.05) is 38.2 Å². The molecule has 2 aromatic rings. The number of hydrogen-bond donors (Lipinski definition) is 3. The van der Waals surface area contributed by atoms with Crippen molar-refractivity contribution in [2.45, 2.75) is 26.3 Å². The van der Waals surface area contributed by atoms with Gasteiger partial charge in [0.1, 0.15) is 5.82 Å². The third-order valence-electron chi connectivity index (χ3n) is 4.37. The number of anilines is 1. The van der Waals surface area contributed by atoms with Crippen LogP contribution in [0.3, 0.4) is 0 Å². The Balaban J connectivity index is 1.57. The maximum Gasteiger partial charge on any atom is 0.321 e. The fourth-order valence-electron chi connectivity index (χ4n) is 3.08. The minimum Gasteiger partial charge on any atom is -0.379 e. The molecule has 2 aromatic heterocycles. The zero-order valence-electron chi connectivity index (χ0n) is 15.8. The normalized spacial score (nSPS) is 16.3. The number of morpholine rings is 1. The fraction of sp³-hybridized carbons (Fsp3) is 0.556. The smallest absolute Gasteiger partial charge is 0.321 e. The molecular formula is C18H27N7O2. The average Bonchev–Trinajstić information content (AvgIpc) is 3.09. The molecule has 0 aliphatic carbocycles. The summed E-state index contributed by atoms with van der Waals surface area (Å²) in [6.07, 6.45) is 4.38. The summed E-state index contributed by atoms with van der Waals surface area (Å²) in [6, 6.07) is 3.65. The summed E-state index contributed by atoms with van der Waals surface area (Å²) in [5.41, 5.74) is 1.07. The molecule has 1 atom stereocenters. The molecule has 1 aliphatic rings. The van der Waals surface area contributed by atoms with Gasteiger partial charge in [0.2, 0.25) is 5.95 Å². The van der Waals surface area contributed by atoms with Gasteiger partial charge < -0.3 is 10.1 Å². The van der Waals surface area contributed by atoms with Crippen LogP contribution in [0.1, 0.15) is 31.3 Å². The molecular weight excluding hydrogens is 346 g/mol. The van der Waals surface area contributed by atoms with Crippen LogP contribution >= 0.6 is 0 Å². The Kier molecular flexibility index (Phi) is 6.72. The molecule has 3 rings (SSSR count). The van der Waals surface area contributed by atoms with Gasteiger partial charge in [-0.15, -0.1) is 5.10 Å². The summed E-state index contributed by atoms with van der Waals surface area (Å²) in [5.74, 6) is 1.52.